The summed E-state index contributed by atoms with van der Waals surface area (Å²) in [4.78, 5) is 9.95. The van der Waals surface area contributed by atoms with Crippen LogP contribution < -0.4 is 10.2 Å². The fraction of sp³-hybridized carbons (Fsp3) is 0.650. The SMILES string of the molecule is CCNC(=NCC1CCN(CC(F)(F)F)C1)N1CCN(c2cc(F)ccc2F)CC1.I. The molecule has 0 bridgehead atoms. The molecule has 0 spiro atoms. The van der Waals surface area contributed by atoms with Crippen molar-refractivity contribution in [2.75, 3.05) is 63.8 Å². The van der Waals surface area contributed by atoms with Crippen LogP contribution in [0.2, 0.25) is 0 Å². The van der Waals surface area contributed by atoms with Crippen LogP contribution in [-0.4, -0.2) is 80.8 Å². The van der Waals surface area contributed by atoms with Crippen LogP contribution in [0.3, 0.4) is 0 Å². The largest absolute Gasteiger partial charge is 0.401 e. The molecule has 1 aromatic carbocycles. The first-order valence-corrected chi connectivity index (χ1v) is 10.3. The lowest BCUT2D eigenvalue weighted by molar-refractivity contribution is -0.143. The first kappa shape index (κ1) is 25.9. The second-order valence-corrected chi connectivity index (χ2v) is 7.77. The Morgan fingerprint density at radius 1 is 1.13 bits per heavy atom. The number of anilines is 1. The number of likely N-dealkylation sites (tertiary alicyclic amines) is 1. The number of aliphatic imine (C=N–C) groups is 1. The molecule has 5 nitrogen and oxygen atoms in total. The maximum atomic E-state index is 14.0. The van der Waals surface area contributed by atoms with E-state index in [4.69, 9.17) is 0 Å². The normalized spacial score (nSPS) is 20.7. The van der Waals surface area contributed by atoms with Gasteiger partial charge in [-0.25, -0.2) is 8.78 Å². The minimum absolute atomic E-state index is 0. The van der Waals surface area contributed by atoms with Gasteiger partial charge in [0.2, 0.25) is 0 Å². The molecule has 2 aliphatic heterocycles. The zero-order valence-corrected chi connectivity index (χ0v) is 19.8. The average molecular weight is 561 g/mol. The lowest BCUT2D eigenvalue weighted by atomic mass is 10.1. The van der Waals surface area contributed by atoms with E-state index in [9.17, 15) is 22.0 Å². The van der Waals surface area contributed by atoms with Crippen LogP contribution in [0.5, 0.6) is 0 Å². The van der Waals surface area contributed by atoms with Crippen molar-refractivity contribution < 1.29 is 22.0 Å². The first-order chi connectivity index (χ1) is 14.2. The molecule has 1 N–H and O–H groups in total. The van der Waals surface area contributed by atoms with Gasteiger partial charge in [-0.3, -0.25) is 9.89 Å². The number of rotatable bonds is 5. The number of halogens is 6. The van der Waals surface area contributed by atoms with Gasteiger partial charge in [0, 0.05) is 51.9 Å². The third-order valence-corrected chi connectivity index (χ3v) is 5.44. The van der Waals surface area contributed by atoms with Gasteiger partial charge < -0.3 is 15.1 Å². The van der Waals surface area contributed by atoms with Gasteiger partial charge in [-0.1, -0.05) is 0 Å². The highest BCUT2D eigenvalue weighted by atomic mass is 127. The summed E-state index contributed by atoms with van der Waals surface area (Å²) in [6.07, 6.45) is -3.47. The summed E-state index contributed by atoms with van der Waals surface area (Å²) in [5, 5.41) is 3.23. The van der Waals surface area contributed by atoms with Gasteiger partial charge in [0.05, 0.1) is 12.2 Å². The van der Waals surface area contributed by atoms with Crippen molar-refractivity contribution in [2.45, 2.75) is 19.5 Å². The summed E-state index contributed by atoms with van der Waals surface area (Å²) in [7, 11) is 0. The average Bonchev–Trinajstić information content (AvgIpc) is 3.12. The van der Waals surface area contributed by atoms with Gasteiger partial charge in [0.25, 0.3) is 0 Å². The van der Waals surface area contributed by atoms with Gasteiger partial charge in [-0.2, -0.15) is 13.2 Å². The minimum atomic E-state index is -4.17. The van der Waals surface area contributed by atoms with Crippen LogP contribution in [0.15, 0.2) is 23.2 Å². The highest BCUT2D eigenvalue weighted by Crippen LogP contribution is 2.24. The molecule has 31 heavy (non-hydrogen) atoms. The van der Waals surface area contributed by atoms with E-state index in [0.717, 1.165) is 12.1 Å². The standard InChI is InChI=1S/C20H28F5N5.HI/c1-2-26-19(27-12-15-5-6-28(13-15)14-20(23,24)25)30-9-7-29(8-10-30)18-11-16(21)3-4-17(18)22;/h3-4,11,15H,2,5-10,12-14H2,1H3,(H,26,27);1H. The Kier molecular flexibility index (Phi) is 9.59. The molecule has 2 saturated heterocycles. The highest BCUT2D eigenvalue weighted by Gasteiger charge is 2.34. The molecule has 0 aromatic heterocycles. The van der Waals surface area contributed by atoms with Crippen LogP contribution in [0, 0.1) is 17.6 Å². The summed E-state index contributed by atoms with van der Waals surface area (Å²) in [6, 6.07) is 3.44. The highest BCUT2D eigenvalue weighted by molar-refractivity contribution is 14.0. The zero-order valence-electron chi connectivity index (χ0n) is 17.5. The monoisotopic (exact) mass is 561 g/mol. The van der Waals surface area contributed by atoms with E-state index in [1.807, 2.05) is 11.8 Å². The third-order valence-electron chi connectivity index (χ3n) is 5.44. The van der Waals surface area contributed by atoms with Crippen molar-refractivity contribution in [3.05, 3.63) is 29.8 Å². The van der Waals surface area contributed by atoms with Gasteiger partial charge in [-0.15, -0.1) is 24.0 Å². The van der Waals surface area contributed by atoms with Crippen LogP contribution >= 0.6 is 24.0 Å². The topological polar surface area (TPSA) is 34.1 Å². The number of hydrogen-bond acceptors (Lipinski definition) is 3. The van der Waals surface area contributed by atoms with Crippen LogP contribution in [0.4, 0.5) is 27.6 Å². The quantitative estimate of drug-likeness (QED) is 0.258. The number of guanidine groups is 1. The van der Waals surface area contributed by atoms with Crippen molar-refractivity contribution >= 4 is 35.6 Å². The fourth-order valence-electron chi connectivity index (χ4n) is 3.99. The lowest BCUT2D eigenvalue weighted by Crippen LogP contribution is -2.52. The number of alkyl halides is 3. The van der Waals surface area contributed by atoms with Gasteiger partial charge in [-0.05, 0) is 37.9 Å². The molecular weight excluding hydrogens is 532 g/mol. The smallest absolute Gasteiger partial charge is 0.366 e. The molecular formula is C20H29F5IN5. The van der Waals surface area contributed by atoms with Gasteiger partial charge in [0.15, 0.2) is 5.96 Å². The van der Waals surface area contributed by atoms with Crippen LogP contribution in [-0.2, 0) is 0 Å². The number of nitrogens with zero attached hydrogens (tertiary/aromatic N) is 4. The van der Waals surface area contributed by atoms with E-state index in [1.54, 1.807) is 0 Å². The molecule has 1 atom stereocenters. The third kappa shape index (κ3) is 7.62. The molecule has 1 unspecified atom stereocenters. The molecule has 2 fully saturated rings. The Bertz CT molecular complexity index is 737. The van der Waals surface area contributed by atoms with E-state index in [0.29, 0.717) is 64.7 Å². The Morgan fingerprint density at radius 2 is 1.84 bits per heavy atom. The first-order valence-electron chi connectivity index (χ1n) is 10.3. The predicted octanol–water partition coefficient (Wildman–Crippen LogP) is 3.55. The number of piperazine rings is 1. The van der Waals surface area contributed by atoms with Gasteiger partial charge >= 0.3 is 6.18 Å². The molecule has 0 aliphatic carbocycles. The van der Waals surface area contributed by atoms with E-state index in [-0.39, 0.29) is 35.6 Å². The van der Waals surface area contributed by atoms with Crippen molar-refractivity contribution in [3.63, 3.8) is 0 Å². The minimum Gasteiger partial charge on any atom is -0.366 e. The number of nitrogens with one attached hydrogen (secondary N) is 1. The van der Waals surface area contributed by atoms with Crippen molar-refractivity contribution in [1.29, 1.82) is 0 Å². The Balaban J connectivity index is 0.00000341. The fourth-order valence-corrected chi connectivity index (χ4v) is 3.99. The molecule has 0 radical (unpaired) electrons. The van der Waals surface area contributed by atoms with Crippen molar-refractivity contribution in [1.82, 2.24) is 15.1 Å². The van der Waals surface area contributed by atoms with E-state index >= 15 is 0 Å². The molecule has 1 aromatic rings. The van der Waals surface area contributed by atoms with Crippen LogP contribution in [0.1, 0.15) is 13.3 Å². The summed E-state index contributed by atoms with van der Waals surface area (Å²) in [6.45, 7) is 5.28. The maximum absolute atomic E-state index is 14.0. The molecule has 0 amide bonds. The second-order valence-electron chi connectivity index (χ2n) is 7.77. The summed E-state index contributed by atoms with van der Waals surface area (Å²) >= 11 is 0. The summed E-state index contributed by atoms with van der Waals surface area (Å²) < 4.78 is 65.2. The summed E-state index contributed by atoms with van der Waals surface area (Å²) in [5.41, 5.74) is 0.257. The van der Waals surface area contributed by atoms with Crippen molar-refractivity contribution in [2.24, 2.45) is 10.9 Å². The van der Waals surface area contributed by atoms with Gasteiger partial charge in [0.1, 0.15) is 11.6 Å². The maximum Gasteiger partial charge on any atom is 0.401 e. The zero-order chi connectivity index (χ0) is 21.7. The van der Waals surface area contributed by atoms with E-state index < -0.39 is 24.4 Å². The number of hydrogen-bond donors (Lipinski definition) is 1. The molecule has 11 heteroatoms. The molecule has 3 rings (SSSR count). The lowest BCUT2D eigenvalue weighted by Gasteiger charge is -2.37. The summed E-state index contributed by atoms with van der Waals surface area (Å²) in [5.74, 6) is -0.107. The molecule has 0 saturated carbocycles. The number of benzene rings is 1. The second kappa shape index (κ2) is 11.5. The Hall–Kier alpha value is -1.37. The van der Waals surface area contributed by atoms with E-state index in [2.05, 4.69) is 15.2 Å². The molecule has 2 heterocycles. The Morgan fingerprint density at radius 3 is 2.48 bits per heavy atom. The molecule has 176 valence electrons. The predicted molar refractivity (Wildman–Crippen MR) is 122 cm³/mol. The van der Waals surface area contributed by atoms with Crippen molar-refractivity contribution in [3.8, 4) is 0 Å². The van der Waals surface area contributed by atoms with Crippen LogP contribution in [0.25, 0.3) is 0 Å². The molecule has 2 aliphatic rings. The van der Waals surface area contributed by atoms with E-state index in [1.165, 1.54) is 11.0 Å². The Labute approximate surface area is 196 Å².